The fraction of sp³-hybridized carbons (Fsp3) is 0.812. The highest BCUT2D eigenvalue weighted by Gasteiger charge is 2.23. The van der Waals surface area contributed by atoms with Crippen molar-refractivity contribution in [2.24, 2.45) is 0 Å². The number of likely N-dealkylation sites (N-methyl/N-ethyl adjacent to an activating group) is 1. The number of nitrogens with zero attached hydrogens (tertiary/aromatic N) is 4. The molecule has 1 saturated heterocycles. The molecule has 1 aliphatic heterocycles. The molecular weight excluding hydrogens is 344 g/mol. The smallest absolute Gasteiger partial charge is 0.317 e. The summed E-state index contributed by atoms with van der Waals surface area (Å²) in [5.74, 6) is -2.78. The van der Waals surface area contributed by atoms with Crippen LogP contribution in [0.3, 0.4) is 0 Å². The monoisotopic (exact) mass is 374 g/mol. The van der Waals surface area contributed by atoms with Gasteiger partial charge in [0.05, 0.1) is 19.6 Å². The van der Waals surface area contributed by atoms with E-state index >= 15 is 0 Å². The van der Waals surface area contributed by atoms with Crippen LogP contribution >= 0.6 is 0 Å². The van der Waals surface area contributed by atoms with Crippen LogP contribution in [0.25, 0.3) is 0 Å². The molecule has 1 fully saturated rings. The van der Waals surface area contributed by atoms with Crippen molar-refractivity contribution in [1.82, 2.24) is 19.6 Å². The lowest BCUT2D eigenvalue weighted by atomic mass is 10.2. The molecule has 26 heavy (non-hydrogen) atoms. The third kappa shape index (κ3) is 9.09. The Bertz CT molecular complexity index is 489. The van der Waals surface area contributed by atoms with Crippen LogP contribution in [-0.4, -0.2) is 131 Å². The second kappa shape index (κ2) is 11.1. The summed E-state index contributed by atoms with van der Waals surface area (Å²) in [7, 11) is 1.92. The van der Waals surface area contributed by atoms with Crippen LogP contribution in [0.4, 0.5) is 0 Å². The van der Waals surface area contributed by atoms with E-state index in [-0.39, 0.29) is 25.7 Å². The maximum atomic E-state index is 11.2. The summed E-state index contributed by atoms with van der Waals surface area (Å²) in [6, 6.07) is -0.165. The predicted octanol–water partition coefficient (Wildman–Crippen LogP) is -1.52. The largest absolute Gasteiger partial charge is 0.480 e. The van der Waals surface area contributed by atoms with Gasteiger partial charge in [-0.1, -0.05) is 0 Å². The van der Waals surface area contributed by atoms with Gasteiger partial charge in [-0.2, -0.15) is 0 Å². The highest BCUT2D eigenvalue weighted by atomic mass is 16.4. The molecule has 0 aromatic heterocycles. The number of carbonyl (C=O) groups is 3. The zero-order chi connectivity index (χ0) is 19.7. The van der Waals surface area contributed by atoms with Crippen LogP contribution in [0, 0.1) is 0 Å². The lowest BCUT2D eigenvalue weighted by molar-refractivity contribution is -0.141. The summed E-state index contributed by atoms with van der Waals surface area (Å²) >= 11 is 0. The van der Waals surface area contributed by atoms with Gasteiger partial charge in [0.25, 0.3) is 0 Å². The topological polar surface area (TPSA) is 125 Å². The Labute approximate surface area is 153 Å². The van der Waals surface area contributed by atoms with Crippen molar-refractivity contribution in [3.63, 3.8) is 0 Å². The Balaban J connectivity index is 2.89. The second-order valence-corrected chi connectivity index (χ2v) is 6.82. The summed E-state index contributed by atoms with van der Waals surface area (Å²) in [5, 5.41) is 27.4. The summed E-state index contributed by atoms with van der Waals surface area (Å²) in [6.07, 6.45) is 0. The van der Waals surface area contributed by atoms with Gasteiger partial charge in [-0.15, -0.1) is 0 Å². The van der Waals surface area contributed by atoms with Gasteiger partial charge in [-0.05, 0) is 14.0 Å². The average Bonchev–Trinajstić information content (AvgIpc) is 2.51. The number of hydrogen-bond acceptors (Lipinski definition) is 7. The van der Waals surface area contributed by atoms with Crippen molar-refractivity contribution in [3.05, 3.63) is 0 Å². The van der Waals surface area contributed by atoms with E-state index in [2.05, 4.69) is 0 Å². The third-order valence-electron chi connectivity index (χ3n) is 4.50. The van der Waals surface area contributed by atoms with Crippen molar-refractivity contribution < 1.29 is 29.7 Å². The van der Waals surface area contributed by atoms with E-state index in [1.807, 2.05) is 23.8 Å². The van der Waals surface area contributed by atoms with Crippen LogP contribution < -0.4 is 0 Å². The van der Waals surface area contributed by atoms with Crippen molar-refractivity contribution in [2.75, 3.05) is 72.5 Å². The van der Waals surface area contributed by atoms with Crippen LogP contribution in [0.2, 0.25) is 0 Å². The molecule has 0 aromatic carbocycles. The van der Waals surface area contributed by atoms with E-state index in [0.717, 1.165) is 0 Å². The molecule has 0 radical (unpaired) electrons. The highest BCUT2D eigenvalue weighted by Crippen LogP contribution is 2.05. The lowest BCUT2D eigenvalue weighted by Crippen LogP contribution is -2.51. The first-order valence-corrected chi connectivity index (χ1v) is 8.70. The molecular formula is C16H30N4O6. The van der Waals surface area contributed by atoms with Crippen molar-refractivity contribution in [1.29, 1.82) is 0 Å². The number of carboxylic acid groups (broad SMARTS) is 3. The number of hydrogen-bond donors (Lipinski definition) is 3. The number of carboxylic acids is 3. The van der Waals surface area contributed by atoms with Crippen molar-refractivity contribution in [3.8, 4) is 0 Å². The van der Waals surface area contributed by atoms with E-state index in [4.69, 9.17) is 15.3 Å². The van der Waals surface area contributed by atoms with Crippen LogP contribution in [-0.2, 0) is 14.4 Å². The fourth-order valence-electron chi connectivity index (χ4n) is 3.01. The first-order valence-electron chi connectivity index (χ1n) is 8.70. The van der Waals surface area contributed by atoms with Gasteiger partial charge < -0.3 is 20.2 Å². The summed E-state index contributed by atoms with van der Waals surface area (Å²) in [4.78, 5) is 40.8. The normalized spacial score (nSPS) is 23.1. The molecule has 10 heteroatoms. The van der Waals surface area contributed by atoms with Gasteiger partial charge in [-0.3, -0.25) is 29.1 Å². The Morgan fingerprint density at radius 2 is 1.23 bits per heavy atom. The minimum absolute atomic E-state index is 0.0890. The minimum atomic E-state index is -0.960. The molecule has 0 saturated carbocycles. The van der Waals surface area contributed by atoms with Crippen LogP contribution in [0.15, 0.2) is 0 Å². The van der Waals surface area contributed by atoms with Gasteiger partial charge in [0.15, 0.2) is 0 Å². The Morgan fingerprint density at radius 1 is 0.769 bits per heavy atom. The molecule has 0 amide bonds. The molecule has 150 valence electrons. The van der Waals surface area contributed by atoms with E-state index in [1.54, 1.807) is 9.80 Å². The first kappa shape index (κ1) is 22.3. The molecule has 0 spiro atoms. The molecule has 3 N–H and O–H groups in total. The Hall–Kier alpha value is -1.75. The van der Waals surface area contributed by atoms with Gasteiger partial charge in [0.1, 0.15) is 0 Å². The van der Waals surface area contributed by atoms with Crippen LogP contribution in [0.1, 0.15) is 6.92 Å². The van der Waals surface area contributed by atoms with Gasteiger partial charge in [-0.25, -0.2) is 0 Å². The fourth-order valence-corrected chi connectivity index (χ4v) is 3.01. The minimum Gasteiger partial charge on any atom is -0.480 e. The maximum Gasteiger partial charge on any atom is 0.317 e. The zero-order valence-corrected chi connectivity index (χ0v) is 15.5. The summed E-state index contributed by atoms with van der Waals surface area (Å²) in [6.45, 7) is 5.22. The van der Waals surface area contributed by atoms with E-state index in [9.17, 15) is 14.4 Å². The molecule has 1 aliphatic rings. The number of aliphatic carboxylic acids is 3. The van der Waals surface area contributed by atoms with Crippen molar-refractivity contribution in [2.45, 2.75) is 13.0 Å². The standard InChI is InChI=1S/C16H30N4O6/c1-13-9-19(11-15(23)24)6-4-17(2)3-5-18(10-14(21)22)7-8-20(13)12-16(25)26/h13H,3-12H2,1-2H3,(H,21,22)(H,23,24)(H,25,26). The van der Waals surface area contributed by atoms with E-state index in [1.165, 1.54) is 0 Å². The van der Waals surface area contributed by atoms with Crippen molar-refractivity contribution >= 4 is 17.9 Å². The summed E-state index contributed by atoms with van der Waals surface area (Å²) in [5.41, 5.74) is 0. The SMILES string of the molecule is CC1CN(CC(=O)O)CCN(C)CCN(CC(=O)O)CCN1CC(=O)O. The zero-order valence-electron chi connectivity index (χ0n) is 15.5. The second-order valence-electron chi connectivity index (χ2n) is 6.82. The number of rotatable bonds is 6. The molecule has 0 aromatic rings. The van der Waals surface area contributed by atoms with Gasteiger partial charge in [0.2, 0.25) is 0 Å². The molecule has 0 aliphatic carbocycles. The molecule has 10 nitrogen and oxygen atoms in total. The Kier molecular flexibility index (Phi) is 9.49. The predicted molar refractivity (Wildman–Crippen MR) is 94.3 cm³/mol. The lowest BCUT2D eigenvalue weighted by Gasteiger charge is -2.35. The van der Waals surface area contributed by atoms with Gasteiger partial charge in [0, 0.05) is 51.9 Å². The molecule has 1 unspecified atom stereocenters. The summed E-state index contributed by atoms with van der Waals surface area (Å²) < 4.78 is 0. The molecule has 1 rings (SSSR count). The van der Waals surface area contributed by atoms with Gasteiger partial charge >= 0.3 is 17.9 Å². The first-order chi connectivity index (χ1) is 12.2. The highest BCUT2D eigenvalue weighted by molar-refractivity contribution is 5.70. The van der Waals surface area contributed by atoms with E-state index in [0.29, 0.717) is 45.8 Å². The quantitative estimate of drug-likeness (QED) is 0.505. The Morgan fingerprint density at radius 3 is 1.77 bits per heavy atom. The molecule has 0 bridgehead atoms. The maximum absolute atomic E-state index is 11.2. The van der Waals surface area contributed by atoms with Crippen LogP contribution in [0.5, 0.6) is 0 Å². The average molecular weight is 374 g/mol. The van der Waals surface area contributed by atoms with E-state index < -0.39 is 17.9 Å². The molecule has 1 atom stereocenters. The molecule has 1 heterocycles. The third-order valence-corrected chi connectivity index (χ3v) is 4.50.